The van der Waals surface area contributed by atoms with Gasteiger partial charge in [0.2, 0.25) is 0 Å². The fourth-order valence-corrected chi connectivity index (χ4v) is 4.99. The second-order valence-electron chi connectivity index (χ2n) is 7.74. The van der Waals surface area contributed by atoms with E-state index in [-0.39, 0.29) is 17.9 Å². The summed E-state index contributed by atoms with van der Waals surface area (Å²) in [6, 6.07) is 13.5. The second kappa shape index (κ2) is 8.96. The Labute approximate surface area is 181 Å². The maximum absolute atomic E-state index is 12.9. The first-order valence-electron chi connectivity index (χ1n) is 10.3. The summed E-state index contributed by atoms with van der Waals surface area (Å²) < 4.78 is 5.19. The third kappa shape index (κ3) is 4.38. The van der Waals surface area contributed by atoms with Gasteiger partial charge in [0.05, 0.1) is 17.7 Å². The monoisotopic (exact) mass is 422 g/mol. The molecule has 1 aliphatic carbocycles. The molecule has 1 heterocycles. The van der Waals surface area contributed by atoms with Crippen LogP contribution in [0.2, 0.25) is 0 Å². The highest BCUT2D eigenvalue weighted by Gasteiger charge is 2.27. The van der Waals surface area contributed by atoms with Gasteiger partial charge < -0.3 is 15.0 Å². The lowest BCUT2D eigenvalue weighted by Crippen LogP contribution is -2.36. The van der Waals surface area contributed by atoms with Crippen molar-refractivity contribution < 1.29 is 14.3 Å². The first kappa shape index (κ1) is 20.5. The van der Waals surface area contributed by atoms with Crippen LogP contribution >= 0.6 is 11.8 Å². The van der Waals surface area contributed by atoms with Gasteiger partial charge in [-0.1, -0.05) is 43.2 Å². The summed E-state index contributed by atoms with van der Waals surface area (Å²) in [5, 5.41) is 3.15. The number of hydrogen-bond donors (Lipinski definition) is 1. The number of fused-ring (bicyclic) bond motifs is 1. The Morgan fingerprint density at radius 3 is 2.57 bits per heavy atom. The number of ether oxygens (including phenoxy) is 1. The van der Waals surface area contributed by atoms with Crippen LogP contribution in [-0.2, 0) is 4.79 Å². The van der Waals surface area contributed by atoms with Crippen LogP contribution in [-0.4, -0.2) is 32.0 Å². The SMILES string of the molecule is COc1ccc(C=C2Sc3ccc(C(=O)NC4CCCCC4)cc3N(C)C2=O)cc1. The maximum atomic E-state index is 12.9. The van der Waals surface area contributed by atoms with E-state index in [0.717, 1.165) is 34.7 Å². The molecule has 0 unspecified atom stereocenters. The van der Waals surface area contributed by atoms with Crippen LogP contribution in [0, 0.1) is 0 Å². The Morgan fingerprint density at radius 2 is 1.87 bits per heavy atom. The van der Waals surface area contributed by atoms with Crippen LogP contribution in [0.1, 0.15) is 48.0 Å². The molecule has 30 heavy (non-hydrogen) atoms. The average molecular weight is 423 g/mol. The Morgan fingerprint density at radius 1 is 1.13 bits per heavy atom. The van der Waals surface area contributed by atoms with Gasteiger partial charge in [0, 0.05) is 23.5 Å². The summed E-state index contributed by atoms with van der Waals surface area (Å²) in [4.78, 5) is 28.9. The number of methoxy groups -OCH3 is 1. The molecule has 2 aliphatic rings. The van der Waals surface area contributed by atoms with Crippen molar-refractivity contribution in [3.63, 3.8) is 0 Å². The van der Waals surface area contributed by atoms with Crippen molar-refractivity contribution in [2.24, 2.45) is 0 Å². The van der Waals surface area contributed by atoms with Gasteiger partial charge in [-0.05, 0) is 54.8 Å². The minimum atomic E-state index is -0.0758. The zero-order valence-corrected chi connectivity index (χ0v) is 18.1. The molecule has 0 saturated heterocycles. The van der Waals surface area contributed by atoms with E-state index in [0.29, 0.717) is 10.5 Å². The van der Waals surface area contributed by atoms with Crippen molar-refractivity contribution >= 4 is 35.3 Å². The van der Waals surface area contributed by atoms with Crippen LogP contribution in [0.15, 0.2) is 52.3 Å². The predicted molar refractivity (Wildman–Crippen MR) is 121 cm³/mol. The molecule has 1 N–H and O–H groups in total. The number of benzene rings is 2. The quantitative estimate of drug-likeness (QED) is 0.715. The van der Waals surface area contributed by atoms with Gasteiger partial charge in [-0.3, -0.25) is 9.59 Å². The van der Waals surface area contributed by atoms with Crippen molar-refractivity contribution in [2.75, 3.05) is 19.1 Å². The van der Waals surface area contributed by atoms with E-state index in [9.17, 15) is 9.59 Å². The van der Waals surface area contributed by atoms with E-state index >= 15 is 0 Å². The van der Waals surface area contributed by atoms with Crippen molar-refractivity contribution in [1.29, 1.82) is 0 Å². The Kier molecular flexibility index (Phi) is 6.13. The molecule has 0 bridgehead atoms. The molecular weight excluding hydrogens is 396 g/mol. The number of hydrogen-bond acceptors (Lipinski definition) is 4. The Balaban J connectivity index is 1.54. The molecule has 0 aromatic heterocycles. The third-order valence-electron chi connectivity index (χ3n) is 5.67. The molecule has 6 heteroatoms. The van der Waals surface area contributed by atoms with Gasteiger partial charge in [-0.2, -0.15) is 0 Å². The largest absolute Gasteiger partial charge is 0.497 e. The molecule has 5 nitrogen and oxygen atoms in total. The topological polar surface area (TPSA) is 58.6 Å². The van der Waals surface area contributed by atoms with Gasteiger partial charge in [0.1, 0.15) is 5.75 Å². The number of carbonyl (C=O) groups is 2. The van der Waals surface area contributed by atoms with Crippen LogP contribution in [0.3, 0.4) is 0 Å². The molecule has 1 saturated carbocycles. The van der Waals surface area contributed by atoms with Crippen molar-refractivity contribution in [3.05, 3.63) is 58.5 Å². The summed E-state index contributed by atoms with van der Waals surface area (Å²) in [7, 11) is 3.38. The molecule has 156 valence electrons. The van der Waals surface area contributed by atoms with Crippen molar-refractivity contribution in [3.8, 4) is 5.75 Å². The molecule has 2 aromatic rings. The number of nitrogens with one attached hydrogen (secondary N) is 1. The molecule has 4 rings (SSSR count). The van der Waals surface area contributed by atoms with E-state index in [1.54, 1.807) is 19.1 Å². The highest BCUT2D eigenvalue weighted by atomic mass is 32.2. The summed E-state index contributed by atoms with van der Waals surface area (Å²) in [6.45, 7) is 0. The highest BCUT2D eigenvalue weighted by molar-refractivity contribution is 8.04. The van der Waals surface area contributed by atoms with Crippen LogP contribution < -0.4 is 15.0 Å². The second-order valence-corrected chi connectivity index (χ2v) is 8.82. The lowest BCUT2D eigenvalue weighted by molar-refractivity contribution is -0.114. The maximum Gasteiger partial charge on any atom is 0.264 e. The minimum Gasteiger partial charge on any atom is -0.497 e. The molecule has 2 aromatic carbocycles. The fraction of sp³-hybridized carbons (Fsp3) is 0.333. The molecular formula is C24H26N2O3S. The number of thioether (sulfide) groups is 1. The van der Waals surface area contributed by atoms with Gasteiger partial charge in [-0.25, -0.2) is 0 Å². The summed E-state index contributed by atoms with van der Waals surface area (Å²) >= 11 is 1.44. The summed E-state index contributed by atoms with van der Waals surface area (Å²) in [6.07, 6.45) is 7.57. The van der Waals surface area contributed by atoms with E-state index in [1.165, 1.54) is 31.0 Å². The first-order valence-corrected chi connectivity index (χ1v) is 11.1. The Hall–Kier alpha value is -2.73. The number of amides is 2. The normalized spacial score (nSPS) is 18.3. The summed E-state index contributed by atoms with van der Waals surface area (Å²) in [5.41, 5.74) is 2.31. The number of nitrogens with zero attached hydrogens (tertiary/aromatic N) is 1. The van der Waals surface area contributed by atoms with Gasteiger partial charge in [0.25, 0.3) is 11.8 Å². The number of carbonyl (C=O) groups excluding carboxylic acids is 2. The lowest BCUT2D eigenvalue weighted by Gasteiger charge is -2.28. The first-order chi connectivity index (χ1) is 14.5. The molecule has 0 radical (unpaired) electrons. The fourth-order valence-electron chi connectivity index (χ4n) is 3.90. The number of likely N-dealkylation sites (N-methyl/N-ethyl adjacent to an activating group) is 1. The van der Waals surface area contributed by atoms with Crippen LogP contribution in [0.25, 0.3) is 6.08 Å². The summed E-state index contributed by atoms with van der Waals surface area (Å²) in [5.74, 6) is 0.643. The van der Waals surface area contributed by atoms with E-state index in [1.807, 2.05) is 48.5 Å². The van der Waals surface area contributed by atoms with Gasteiger partial charge in [0.15, 0.2) is 0 Å². The van der Waals surface area contributed by atoms with Gasteiger partial charge in [-0.15, -0.1) is 0 Å². The smallest absolute Gasteiger partial charge is 0.264 e. The zero-order valence-electron chi connectivity index (χ0n) is 17.3. The van der Waals surface area contributed by atoms with E-state index in [4.69, 9.17) is 4.74 Å². The molecule has 1 aliphatic heterocycles. The van der Waals surface area contributed by atoms with Gasteiger partial charge >= 0.3 is 0 Å². The van der Waals surface area contributed by atoms with Crippen molar-refractivity contribution in [2.45, 2.75) is 43.0 Å². The van der Waals surface area contributed by atoms with E-state index in [2.05, 4.69) is 5.32 Å². The molecule has 1 fully saturated rings. The number of rotatable bonds is 4. The van der Waals surface area contributed by atoms with E-state index < -0.39 is 0 Å². The predicted octanol–water partition coefficient (Wildman–Crippen LogP) is 4.87. The molecule has 0 spiro atoms. The Bertz CT molecular complexity index is 978. The number of anilines is 1. The molecule has 0 atom stereocenters. The third-order valence-corrected chi connectivity index (χ3v) is 6.75. The van der Waals surface area contributed by atoms with Crippen molar-refractivity contribution in [1.82, 2.24) is 5.32 Å². The van der Waals surface area contributed by atoms with Crippen LogP contribution in [0.4, 0.5) is 5.69 Å². The lowest BCUT2D eigenvalue weighted by atomic mass is 9.95. The van der Waals surface area contributed by atoms with Crippen LogP contribution in [0.5, 0.6) is 5.75 Å². The standard InChI is InChI=1S/C24H26N2O3S/c1-26-20-15-17(23(27)25-18-6-4-3-5-7-18)10-13-21(20)30-22(24(26)28)14-16-8-11-19(29-2)12-9-16/h8-15,18H,3-7H2,1-2H3,(H,25,27). The highest BCUT2D eigenvalue weighted by Crippen LogP contribution is 2.42. The molecule has 2 amide bonds. The zero-order chi connectivity index (χ0) is 21.1. The average Bonchev–Trinajstić information content (AvgIpc) is 2.78. The minimum absolute atomic E-state index is 0.0601.